The molecule has 0 aliphatic carbocycles. The van der Waals surface area contributed by atoms with Crippen LogP contribution in [0.25, 0.3) is 0 Å². The molecule has 7 nitrogen and oxygen atoms in total. The largest absolute Gasteiger partial charge is 0.748 e. The van der Waals surface area contributed by atoms with E-state index in [-0.39, 0.29) is 6.61 Å². The van der Waals surface area contributed by atoms with Crippen LogP contribution in [0.15, 0.2) is 24.3 Å². The van der Waals surface area contributed by atoms with Crippen molar-refractivity contribution in [2.75, 3.05) is 53.8 Å². The molecular weight excluding hydrogens is 538 g/mol. The molecule has 1 unspecified atom stereocenters. The number of quaternary nitrogens is 1. The van der Waals surface area contributed by atoms with Gasteiger partial charge in [0.1, 0.15) is 18.5 Å². The molecule has 0 saturated carbocycles. The van der Waals surface area contributed by atoms with E-state index in [9.17, 15) is 5.11 Å². The van der Waals surface area contributed by atoms with Crippen LogP contribution in [0.5, 0.6) is 5.75 Å². The van der Waals surface area contributed by atoms with Gasteiger partial charge in [0.25, 0.3) is 0 Å². The molecule has 0 saturated heterocycles. The molecule has 0 amide bonds. The molecule has 1 aromatic carbocycles. The Morgan fingerprint density at radius 1 is 0.756 bits per heavy atom. The van der Waals surface area contributed by atoms with Gasteiger partial charge in [0, 0.05) is 12.9 Å². The fraction of sp³-hybridized carbons (Fsp3) is 0.818. The molecule has 0 aromatic heterocycles. The van der Waals surface area contributed by atoms with Gasteiger partial charge < -0.3 is 23.6 Å². The quantitative estimate of drug-likeness (QED) is 0.0729. The van der Waals surface area contributed by atoms with E-state index in [1.54, 1.807) is 0 Å². The Bertz CT molecular complexity index is 800. The molecule has 0 bridgehead atoms. The Hall–Kier alpha value is -1.19. The van der Waals surface area contributed by atoms with Gasteiger partial charge in [-0.15, -0.1) is 0 Å². The Morgan fingerprint density at radius 3 is 1.68 bits per heavy atom. The van der Waals surface area contributed by atoms with E-state index in [0.717, 1.165) is 29.7 Å². The minimum absolute atomic E-state index is 0.279. The number of aliphatic hydroxyl groups excluding tert-OH is 1. The lowest BCUT2D eigenvalue weighted by molar-refractivity contribution is -0.870. The molecule has 0 aliphatic heterocycles. The van der Waals surface area contributed by atoms with Crippen molar-refractivity contribution in [1.82, 2.24) is 0 Å². The zero-order valence-corrected chi connectivity index (χ0v) is 27.9. The SMILES string of the molecule is CCCCCCCCCCCCCCCCOCC(O)COc1ccc(CCCC[N+](C)(C)C)cc1.CS(=O)(=O)[O-]. The number of aliphatic hydroxyl groups is 1. The van der Waals surface area contributed by atoms with Crippen LogP contribution >= 0.6 is 0 Å². The Kier molecular flexibility index (Phi) is 24.6. The van der Waals surface area contributed by atoms with E-state index in [4.69, 9.17) is 22.4 Å². The third-order valence-electron chi connectivity index (χ3n) is 6.86. The van der Waals surface area contributed by atoms with E-state index >= 15 is 0 Å². The summed E-state index contributed by atoms with van der Waals surface area (Å²) in [5.74, 6) is 0.816. The van der Waals surface area contributed by atoms with Crippen molar-refractivity contribution >= 4 is 10.1 Å². The van der Waals surface area contributed by atoms with Crippen LogP contribution in [0.4, 0.5) is 0 Å². The summed E-state index contributed by atoms with van der Waals surface area (Å²) < 4.78 is 39.7. The number of nitrogens with zero attached hydrogens (tertiary/aromatic N) is 1. The van der Waals surface area contributed by atoms with Gasteiger partial charge in [0.05, 0.1) is 44.4 Å². The Labute approximate surface area is 253 Å². The number of hydrogen-bond acceptors (Lipinski definition) is 6. The molecule has 41 heavy (non-hydrogen) atoms. The van der Waals surface area contributed by atoms with Gasteiger partial charge in [-0.3, -0.25) is 0 Å². The second-order valence-electron chi connectivity index (χ2n) is 12.5. The fourth-order valence-corrected chi connectivity index (χ4v) is 4.53. The van der Waals surface area contributed by atoms with E-state index < -0.39 is 16.2 Å². The van der Waals surface area contributed by atoms with Gasteiger partial charge in [-0.05, 0) is 43.4 Å². The normalized spacial score (nSPS) is 12.6. The molecule has 1 N–H and O–H groups in total. The van der Waals surface area contributed by atoms with Gasteiger partial charge in [-0.1, -0.05) is 103 Å². The van der Waals surface area contributed by atoms with Crippen molar-refractivity contribution < 1.29 is 32.0 Å². The third kappa shape index (κ3) is 33.2. The molecule has 1 rings (SSSR count). The average molecular weight is 602 g/mol. The van der Waals surface area contributed by atoms with Gasteiger partial charge in [-0.2, -0.15) is 0 Å². The number of aryl methyl sites for hydroxylation is 1. The number of ether oxygens (including phenoxy) is 2. The lowest BCUT2D eigenvalue weighted by Crippen LogP contribution is -2.35. The smallest absolute Gasteiger partial charge is 0.119 e. The van der Waals surface area contributed by atoms with Crippen LogP contribution in [0.2, 0.25) is 0 Å². The zero-order chi connectivity index (χ0) is 30.8. The lowest BCUT2D eigenvalue weighted by Gasteiger charge is -2.23. The second kappa shape index (κ2) is 25.3. The molecule has 0 heterocycles. The summed E-state index contributed by atoms with van der Waals surface area (Å²) in [6.07, 6.45) is 22.7. The van der Waals surface area contributed by atoms with Gasteiger partial charge in [0.2, 0.25) is 0 Å². The monoisotopic (exact) mass is 601 g/mol. The molecule has 0 fully saturated rings. The number of unbranched alkanes of at least 4 members (excludes halogenated alkanes) is 14. The average Bonchev–Trinajstić information content (AvgIpc) is 2.89. The highest BCUT2D eigenvalue weighted by molar-refractivity contribution is 7.84. The molecule has 8 heteroatoms. The summed E-state index contributed by atoms with van der Waals surface area (Å²) in [4.78, 5) is 0. The van der Waals surface area contributed by atoms with Crippen LogP contribution in [0.1, 0.15) is 115 Å². The zero-order valence-electron chi connectivity index (χ0n) is 27.1. The molecule has 0 spiro atoms. The highest BCUT2D eigenvalue weighted by Gasteiger charge is 2.07. The number of hydrogen-bond donors (Lipinski definition) is 1. The summed E-state index contributed by atoms with van der Waals surface area (Å²) in [6.45, 7) is 4.85. The molecule has 0 radical (unpaired) electrons. The Balaban J connectivity index is 0.00000292. The van der Waals surface area contributed by atoms with Gasteiger partial charge in [0.15, 0.2) is 0 Å². The summed E-state index contributed by atoms with van der Waals surface area (Å²) in [7, 11) is 2.81. The van der Waals surface area contributed by atoms with Crippen molar-refractivity contribution in [3.05, 3.63) is 29.8 Å². The maximum absolute atomic E-state index is 10.1. The second-order valence-corrected chi connectivity index (χ2v) is 13.9. The molecule has 1 aromatic rings. The van der Waals surface area contributed by atoms with Crippen molar-refractivity contribution in [2.24, 2.45) is 0 Å². The Morgan fingerprint density at radius 2 is 1.22 bits per heavy atom. The lowest BCUT2D eigenvalue weighted by atomic mass is 10.0. The van der Waals surface area contributed by atoms with E-state index in [1.165, 1.54) is 108 Å². The topological polar surface area (TPSA) is 95.9 Å². The summed E-state index contributed by atoms with van der Waals surface area (Å²) in [5, 5.41) is 10.1. The maximum Gasteiger partial charge on any atom is 0.119 e. The predicted molar refractivity (Wildman–Crippen MR) is 171 cm³/mol. The highest BCUT2D eigenvalue weighted by Crippen LogP contribution is 2.15. The first kappa shape index (κ1) is 39.8. The van der Waals surface area contributed by atoms with Crippen LogP contribution in [0, 0.1) is 0 Å². The van der Waals surface area contributed by atoms with Crippen LogP contribution in [0.3, 0.4) is 0 Å². The molecular formula is C33H63NO6S. The van der Waals surface area contributed by atoms with Gasteiger partial charge >= 0.3 is 0 Å². The first-order valence-corrected chi connectivity index (χ1v) is 17.9. The minimum Gasteiger partial charge on any atom is -0.748 e. The van der Waals surface area contributed by atoms with Crippen LogP contribution in [-0.4, -0.2) is 82.4 Å². The van der Waals surface area contributed by atoms with Crippen molar-refractivity contribution in [2.45, 2.75) is 122 Å². The molecule has 1 atom stereocenters. The summed E-state index contributed by atoms with van der Waals surface area (Å²) in [6, 6.07) is 8.30. The van der Waals surface area contributed by atoms with Crippen molar-refractivity contribution in [3.8, 4) is 5.75 Å². The first-order chi connectivity index (χ1) is 19.4. The maximum atomic E-state index is 10.1. The standard InChI is InChI=1S/C32H60NO3.CH4O3S/c1-5-6-7-8-9-10-11-12-13-14-15-16-17-20-27-35-28-31(34)29-36-32-24-22-30(23-25-32)21-18-19-26-33(2,3)4;1-5(2,3)4/h22-25,31,34H,5-21,26-29H2,1-4H3;1H3,(H,2,3,4)/q+1;/p-1. The van der Waals surface area contributed by atoms with E-state index in [1.807, 2.05) is 12.1 Å². The minimum atomic E-state index is -3.92. The molecule has 242 valence electrons. The summed E-state index contributed by atoms with van der Waals surface area (Å²) >= 11 is 0. The van der Waals surface area contributed by atoms with Crippen molar-refractivity contribution in [3.63, 3.8) is 0 Å². The fourth-order valence-electron chi connectivity index (χ4n) is 4.53. The van der Waals surface area contributed by atoms with E-state index in [2.05, 4.69) is 40.2 Å². The first-order valence-electron chi connectivity index (χ1n) is 16.1. The third-order valence-corrected chi connectivity index (χ3v) is 6.86. The van der Waals surface area contributed by atoms with Crippen molar-refractivity contribution in [1.29, 1.82) is 0 Å². The summed E-state index contributed by atoms with van der Waals surface area (Å²) in [5.41, 5.74) is 1.35. The number of rotatable bonds is 25. The number of benzene rings is 1. The van der Waals surface area contributed by atoms with Gasteiger partial charge in [-0.25, -0.2) is 8.42 Å². The van der Waals surface area contributed by atoms with Crippen LogP contribution in [-0.2, 0) is 21.3 Å². The van der Waals surface area contributed by atoms with E-state index in [0.29, 0.717) is 12.9 Å². The predicted octanol–water partition coefficient (Wildman–Crippen LogP) is 7.11. The van der Waals surface area contributed by atoms with Crippen LogP contribution < -0.4 is 4.74 Å². The highest BCUT2D eigenvalue weighted by atomic mass is 32.2. The molecule has 0 aliphatic rings.